The smallest absolute Gasteiger partial charge is 0.408 e. The SMILES string of the molecule is CC(C)(C)OC(=O)NC(Cc1ccccn1)C(=O)NN. The monoisotopic (exact) mass is 280 g/mol. The molecule has 20 heavy (non-hydrogen) atoms. The topological polar surface area (TPSA) is 106 Å². The van der Waals surface area contributed by atoms with Crippen LogP contribution in [0.25, 0.3) is 0 Å². The maximum atomic E-state index is 11.7. The standard InChI is InChI=1S/C13H20N4O3/c1-13(2,3)20-12(19)16-10(11(18)17-14)8-9-6-4-5-7-15-9/h4-7,10H,8,14H2,1-3H3,(H,16,19)(H,17,18). The fraction of sp³-hybridized carbons (Fsp3) is 0.462. The van der Waals surface area contributed by atoms with Gasteiger partial charge in [0.1, 0.15) is 11.6 Å². The van der Waals surface area contributed by atoms with Crippen LogP contribution in [0.1, 0.15) is 26.5 Å². The maximum absolute atomic E-state index is 11.7. The first-order chi connectivity index (χ1) is 9.31. The molecule has 0 aromatic carbocycles. The summed E-state index contributed by atoms with van der Waals surface area (Å²) in [5.41, 5.74) is 2.04. The third-order valence-corrected chi connectivity index (χ3v) is 2.29. The number of alkyl carbamates (subject to hydrolysis) is 1. The second-order valence-corrected chi connectivity index (χ2v) is 5.23. The number of nitrogens with one attached hydrogen (secondary N) is 2. The normalized spacial score (nSPS) is 12.4. The summed E-state index contributed by atoms with van der Waals surface area (Å²) in [6.07, 6.45) is 1.16. The molecule has 1 unspecified atom stereocenters. The molecule has 0 saturated carbocycles. The number of nitrogens with zero attached hydrogens (tertiary/aromatic N) is 1. The Morgan fingerprint density at radius 2 is 2.10 bits per heavy atom. The summed E-state index contributed by atoms with van der Waals surface area (Å²) in [6, 6.07) is 4.48. The van der Waals surface area contributed by atoms with Crippen molar-refractivity contribution < 1.29 is 14.3 Å². The second-order valence-electron chi connectivity index (χ2n) is 5.23. The van der Waals surface area contributed by atoms with E-state index in [2.05, 4.69) is 10.3 Å². The first kappa shape index (κ1) is 15.9. The molecule has 0 bridgehead atoms. The molecular weight excluding hydrogens is 260 g/mol. The Balaban J connectivity index is 2.70. The number of carbonyl (C=O) groups excluding carboxylic acids is 2. The van der Waals surface area contributed by atoms with Gasteiger partial charge in [0, 0.05) is 18.3 Å². The summed E-state index contributed by atoms with van der Waals surface area (Å²) in [7, 11) is 0. The van der Waals surface area contributed by atoms with E-state index in [9.17, 15) is 9.59 Å². The third-order valence-electron chi connectivity index (χ3n) is 2.29. The molecule has 2 amide bonds. The lowest BCUT2D eigenvalue weighted by atomic mass is 10.1. The Morgan fingerprint density at radius 3 is 2.60 bits per heavy atom. The molecule has 0 radical (unpaired) electrons. The molecule has 1 rings (SSSR count). The summed E-state index contributed by atoms with van der Waals surface area (Å²) < 4.78 is 5.11. The molecule has 1 atom stereocenters. The largest absolute Gasteiger partial charge is 0.444 e. The van der Waals surface area contributed by atoms with E-state index in [-0.39, 0.29) is 6.42 Å². The average Bonchev–Trinajstić information content (AvgIpc) is 2.36. The van der Waals surface area contributed by atoms with Crippen molar-refractivity contribution in [1.82, 2.24) is 15.7 Å². The van der Waals surface area contributed by atoms with Crippen molar-refractivity contribution in [3.05, 3.63) is 30.1 Å². The minimum absolute atomic E-state index is 0.225. The molecule has 1 aromatic heterocycles. The van der Waals surface area contributed by atoms with Gasteiger partial charge in [-0.1, -0.05) is 6.07 Å². The number of carbonyl (C=O) groups is 2. The zero-order valence-corrected chi connectivity index (χ0v) is 11.8. The molecule has 0 aliphatic rings. The number of hydrogen-bond donors (Lipinski definition) is 3. The number of pyridine rings is 1. The second kappa shape index (κ2) is 6.85. The number of rotatable bonds is 4. The number of nitrogens with two attached hydrogens (primary N) is 1. The maximum Gasteiger partial charge on any atom is 0.408 e. The van der Waals surface area contributed by atoms with Crippen molar-refractivity contribution in [3.63, 3.8) is 0 Å². The van der Waals surface area contributed by atoms with Gasteiger partial charge in [-0.05, 0) is 32.9 Å². The molecule has 7 heteroatoms. The van der Waals surface area contributed by atoms with Crippen molar-refractivity contribution in [3.8, 4) is 0 Å². The van der Waals surface area contributed by atoms with Gasteiger partial charge in [0.05, 0.1) is 0 Å². The Bertz CT molecular complexity index is 456. The van der Waals surface area contributed by atoms with Crippen LogP contribution in [-0.2, 0) is 16.0 Å². The van der Waals surface area contributed by atoms with E-state index in [1.165, 1.54) is 0 Å². The number of hydrazine groups is 1. The first-order valence-corrected chi connectivity index (χ1v) is 6.21. The molecule has 1 aromatic rings. The van der Waals surface area contributed by atoms with E-state index < -0.39 is 23.6 Å². The van der Waals surface area contributed by atoms with Crippen LogP contribution in [0.3, 0.4) is 0 Å². The fourth-order valence-corrected chi connectivity index (χ4v) is 1.49. The van der Waals surface area contributed by atoms with E-state index in [4.69, 9.17) is 10.6 Å². The van der Waals surface area contributed by atoms with Crippen LogP contribution in [0.2, 0.25) is 0 Å². The molecule has 0 aliphatic heterocycles. The molecule has 110 valence electrons. The molecule has 0 fully saturated rings. The van der Waals surface area contributed by atoms with Gasteiger partial charge in [-0.2, -0.15) is 0 Å². The molecule has 0 aliphatic carbocycles. The summed E-state index contributed by atoms with van der Waals surface area (Å²) in [6.45, 7) is 5.22. The lowest BCUT2D eigenvalue weighted by Gasteiger charge is -2.22. The first-order valence-electron chi connectivity index (χ1n) is 6.21. The van der Waals surface area contributed by atoms with Crippen LogP contribution in [0, 0.1) is 0 Å². The summed E-state index contributed by atoms with van der Waals surface area (Å²) in [5.74, 6) is 4.61. The van der Waals surface area contributed by atoms with Gasteiger partial charge in [0.15, 0.2) is 0 Å². The van der Waals surface area contributed by atoms with Gasteiger partial charge in [0.2, 0.25) is 0 Å². The van der Waals surface area contributed by atoms with E-state index in [1.807, 2.05) is 5.43 Å². The Kier molecular flexibility index (Phi) is 5.45. The lowest BCUT2D eigenvalue weighted by Crippen LogP contribution is -2.51. The van der Waals surface area contributed by atoms with Crippen LogP contribution in [0.4, 0.5) is 4.79 Å². The highest BCUT2D eigenvalue weighted by atomic mass is 16.6. The number of amides is 2. The van der Waals surface area contributed by atoms with E-state index in [0.29, 0.717) is 5.69 Å². The average molecular weight is 280 g/mol. The van der Waals surface area contributed by atoms with Crippen molar-refractivity contribution >= 4 is 12.0 Å². The zero-order chi connectivity index (χ0) is 15.2. The van der Waals surface area contributed by atoms with Gasteiger partial charge < -0.3 is 10.1 Å². The van der Waals surface area contributed by atoms with Gasteiger partial charge in [-0.15, -0.1) is 0 Å². The lowest BCUT2D eigenvalue weighted by molar-refractivity contribution is -0.123. The fourth-order valence-electron chi connectivity index (χ4n) is 1.49. The Morgan fingerprint density at radius 1 is 1.40 bits per heavy atom. The Labute approximate surface area is 117 Å². The van der Waals surface area contributed by atoms with Crippen LogP contribution in [0.5, 0.6) is 0 Å². The van der Waals surface area contributed by atoms with Crippen molar-refractivity contribution in [2.45, 2.75) is 38.8 Å². The predicted molar refractivity (Wildman–Crippen MR) is 73.4 cm³/mol. The number of ether oxygens (including phenoxy) is 1. The van der Waals surface area contributed by atoms with Crippen LogP contribution < -0.4 is 16.6 Å². The van der Waals surface area contributed by atoms with Gasteiger partial charge in [-0.25, -0.2) is 10.6 Å². The molecule has 1 heterocycles. The van der Waals surface area contributed by atoms with Crippen molar-refractivity contribution in [2.24, 2.45) is 5.84 Å². The van der Waals surface area contributed by atoms with Crippen molar-refractivity contribution in [1.29, 1.82) is 0 Å². The minimum atomic E-state index is -0.843. The predicted octanol–water partition coefficient (Wildman–Crippen LogP) is 0.507. The van der Waals surface area contributed by atoms with Gasteiger partial charge in [-0.3, -0.25) is 15.2 Å². The van der Waals surface area contributed by atoms with E-state index in [1.54, 1.807) is 45.2 Å². The quantitative estimate of drug-likeness (QED) is 0.423. The van der Waals surface area contributed by atoms with Gasteiger partial charge in [0.25, 0.3) is 5.91 Å². The number of aromatic nitrogens is 1. The highest BCUT2D eigenvalue weighted by molar-refractivity contribution is 5.85. The molecular formula is C13H20N4O3. The summed E-state index contributed by atoms with van der Waals surface area (Å²) in [5, 5.41) is 2.48. The third kappa shape index (κ3) is 5.66. The molecule has 7 nitrogen and oxygen atoms in total. The number of hydrogen-bond acceptors (Lipinski definition) is 5. The molecule has 0 saturated heterocycles. The molecule has 4 N–H and O–H groups in total. The zero-order valence-electron chi connectivity index (χ0n) is 11.8. The van der Waals surface area contributed by atoms with E-state index >= 15 is 0 Å². The summed E-state index contributed by atoms with van der Waals surface area (Å²) in [4.78, 5) is 27.5. The minimum Gasteiger partial charge on any atom is -0.444 e. The molecule has 0 spiro atoms. The Hall–Kier alpha value is -2.15. The van der Waals surface area contributed by atoms with Crippen LogP contribution >= 0.6 is 0 Å². The van der Waals surface area contributed by atoms with E-state index in [0.717, 1.165) is 0 Å². The summed E-state index contributed by atoms with van der Waals surface area (Å²) >= 11 is 0. The highest BCUT2D eigenvalue weighted by Gasteiger charge is 2.24. The van der Waals surface area contributed by atoms with Crippen LogP contribution in [-0.4, -0.2) is 28.6 Å². The highest BCUT2D eigenvalue weighted by Crippen LogP contribution is 2.07. The van der Waals surface area contributed by atoms with Crippen molar-refractivity contribution in [2.75, 3.05) is 0 Å². The van der Waals surface area contributed by atoms with Crippen LogP contribution in [0.15, 0.2) is 24.4 Å². The van der Waals surface area contributed by atoms with Gasteiger partial charge >= 0.3 is 6.09 Å².